The van der Waals surface area contributed by atoms with Crippen molar-refractivity contribution < 1.29 is 4.74 Å². The highest BCUT2D eigenvalue weighted by Gasteiger charge is 2.25. The van der Waals surface area contributed by atoms with Gasteiger partial charge in [-0.2, -0.15) is 0 Å². The summed E-state index contributed by atoms with van der Waals surface area (Å²) in [5.41, 5.74) is 6.01. The van der Waals surface area contributed by atoms with Gasteiger partial charge in [-0.25, -0.2) is 0 Å². The van der Waals surface area contributed by atoms with Crippen molar-refractivity contribution in [3.63, 3.8) is 0 Å². The molecule has 106 valence electrons. The van der Waals surface area contributed by atoms with E-state index < -0.39 is 0 Å². The SMILES string of the molecule is C1=CC2=C(c3ccccc3)C(c3ccccc3)=COC2C=C1. The van der Waals surface area contributed by atoms with E-state index in [0.29, 0.717) is 0 Å². The highest BCUT2D eigenvalue weighted by Crippen LogP contribution is 2.40. The van der Waals surface area contributed by atoms with Crippen LogP contribution >= 0.6 is 0 Å². The van der Waals surface area contributed by atoms with Gasteiger partial charge < -0.3 is 4.74 Å². The molecule has 2 aliphatic rings. The first kappa shape index (κ1) is 12.9. The highest BCUT2D eigenvalue weighted by atomic mass is 16.5. The minimum absolute atomic E-state index is 0.00710. The molecule has 1 unspecified atom stereocenters. The molecule has 1 aliphatic carbocycles. The Balaban J connectivity index is 1.92. The van der Waals surface area contributed by atoms with Crippen LogP contribution in [0.4, 0.5) is 0 Å². The third-order valence-electron chi connectivity index (χ3n) is 4.02. The first-order valence-electron chi connectivity index (χ1n) is 7.49. The van der Waals surface area contributed by atoms with Crippen LogP contribution in [0.15, 0.2) is 96.8 Å². The zero-order valence-corrected chi connectivity index (χ0v) is 12.1. The van der Waals surface area contributed by atoms with E-state index >= 15 is 0 Å². The van der Waals surface area contributed by atoms with Crippen molar-refractivity contribution in [3.05, 3.63) is 108 Å². The Morgan fingerprint density at radius 3 is 2.14 bits per heavy atom. The Kier molecular flexibility index (Phi) is 3.24. The van der Waals surface area contributed by atoms with Crippen LogP contribution in [0.5, 0.6) is 0 Å². The molecule has 1 atom stereocenters. The molecule has 2 aromatic carbocycles. The number of rotatable bonds is 2. The molecule has 0 bridgehead atoms. The Hall–Kier alpha value is -2.80. The maximum atomic E-state index is 5.94. The van der Waals surface area contributed by atoms with E-state index in [1.54, 1.807) is 0 Å². The fraction of sp³-hybridized carbons (Fsp3) is 0.0476. The topological polar surface area (TPSA) is 9.23 Å². The third kappa shape index (κ3) is 2.21. The van der Waals surface area contributed by atoms with Crippen LogP contribution in [-0.4, -0.2) is 6.10 Å². The molecule has 0 saturated carbocycles. The average molecular weight is 284 g/mol. The van der Waals surface area contributed by atoms with Crippen LogP contribution in [0.25, 0.3) is 11.1 Å². The smallest absolute Gasteiger partial charge is 0.142 e. The lowest BCUT2D eigenvalue weighted by atomic mass is 9.85. The lowest BCUT2D eigenvalue weighted by molar-refractivity contribution is 0.219. The van der Waals surface area contributed by atoms with E-state index in [-0.39, 0.29) is 6.10 Å². The van der Waals surface area contributed by atoms with Crippen molar-refractivity contribution in [3.8, 4) is 0 Å². The summed E-state index contributed by atoms with van der Waals surface area (Å²) in [5.74, 6) is 0. The first-order valence-corrected chi connectivity index (χ1v) is 7.49. The summed E-state index contributed by atoms with van der Waals surface area (Å²) in [7, 11) is 0. The predicted octanol–water partition coefficient (Wildman–Crippen LogP) is 5.01. The van der Waals surface area contributed by atoms with Crippen LogP contribution in [0.1, 0.15) is 11.1 Å². The van der Waals surface area contributed by atoms with E-state index in [4.69, 9.17) is 4.74 Å². The Morgan fingerprint density at radius 2 is 1.41 bits per heavy atom. The number of hydrogen-bond acceptors (Lipinski definition) is 1. The monoisotopic (exact) mass is 284 g/mol. The second-order valence-electron chi connectivity index (χ2n) is 5.39. The first-order chi connectivity index (χ1) is 10.9. The number of allylic oxidation sites excluding steroid dienone is 4. The van der Waals surface area contributed by atoms with Gasteiger partial charge in [0.25, 0.3) is 0 Å². The van der Waals surface area contributed by atoms with Gasteiger partial charge in [0.15, 0.2) is 0 Å². The van der Waals surface area contributed by atoms with Gasteiger partial charge in [0.05, 0.1) is 6.26 Å². The van der Waals surface area contributed by atoms with Gasteiger partial charge in [-0.3, -0.25) is 0 Å². The molecule has 4 rings (SSSR count). The highest BCUT2D eigenvalue weighted by molar-refractivity contribution is 6.07. The molecule has 0 saturated heterocycles. The zero-order chi connectivity index (χ0) is 14.8. The van der Waals surface area contributed by atoms with E-state index in [0.717, 1.165) is 5.57 Å². The quantitative estimate of drug-likeness (QED) is 0.753. The molecular formula is C21H16O. The summed E-state index contributed by atoms with van der Waals surface area (Å²) in [6.07, 6.45) is 10.3. The van der Waals surface area contributed by atoms with Gasteiger partial charge in [0, 0.05) is 11.1 Å². The molecule has 1 nitrogen and oxygen atoms in total. The average Bonchev–Trinajstić information content (AvgIpc) is 2.62. The number of ether oxygens (including phenoxy) is 1. The largest absolute Gasteiger partial charge is 0.489 e. The summed E-state index contributed by atoms with van der Waals surface area (Å²) in [6.45, 7) is 0. The molecule has 0 spiro atoms. The lowest BCUT2D eigenvalue weighted by Gasteiger charge is -2.28. The molecule has 0 N–H and O–H groups in total. The standard InChI is InChI=1S/C21H16O/c1-3-9-16(10-4-1)19-15-22-20-14-8-7-13-18(20)21(19)17-11-5-2-6-12-17/h1-15,20H. The minimum Gasteiger partial charge on any atom is -0.489 e. The van der Waals surface area contributed by atoms with E-state index in [1.807, 2.05) is 24.5 Å². The number of fused-ring (bicyclic) bond motifs is 1. The molecule has 1 aliphatic heterocycles. The van der Waals surface area contributed by atoms with Crippen molar-refractivity contribution in [1.29, 1.82) is 0 Å². The summed E-state index contributed by atoms with van der Waals surface area (Å²) in [4.78, 5) is 0. The summed E-state index contributed by atoms with van der Waals surface area (Å²) in [5, 5.41) is 0. The number of hydrogen-bond donors (Lipinski definition) is 0. The fourth-order valence-corrected chi connectivity index (χ4v) is 2.98. The van der Waals surface area contributed by atoms with Crippen molar-refractivity contribution in [2.75, 3.05) is 0 Å². The molecule has 0 aromatic heterocycles. The molecule has 1 heterocycles. The lowest BCUT2D eigenvalue weighted by Crippen LogP contribution is -2.17. The van der Waals surface area contributed by atoms with Crippen molar-refractivity contribution >= 4 is 11.1 Å². The molecule has 0 amide bonds. The Bertz CT molecular complexity index is 792. The summed E-state index contributed by atoms with van der Waals surface area (Å²) < 4.78 is 5.94. The summed E-state index contributed by atoms with van der Waals surface area (Å²) >= 11 is 0. The van der Waals surface area contributed by atoms with E-state index in [9.17, 15) is 0 Å². The van der Waals surface area contributed by atoms with Crippen LogP contribution < -0.4 is 0 Å². The van der Waals surface area contributed by atoms with Crippen molar-refractivity contribution in [1.82, 2.24) is 0 Å². The fourth-order valence-electron chi connectivity index (χ4n) is 2.98. The van der Waals surface area contributed by atoms with Gasteiger partial charge in [-0.15, -0.1) is 0 Å². The molecular weight excluding hydrogens is 268 g/mol. The second-order valence-corrected chi connectivity index (χ2v) is 5.39. The maximum Gasteiger partial charge on any atom is 0.142 e. The minimum atomic E-state index is 0.00710. The Labute approximate surface area is 130 Å². The maximum absolute atomic E-state index is 5.94. The van der Waals surface area contributed by atoms with Crippen LogP contribution in [0, 0.1) is 0 Å². The van der Waals surface area contributed by atoms with Crippen molar-refractivity contribution in [2.45, 2.75) is 6.10 Å². The van der Waals surface area contributed by atoms with E-state index in [1.165, 1.54) is 22.3 Å². The Morgan fingerprint density at radius 1 is 0.727 bits per heavy atom. The summed E-state index contributed by atoms with van der Waals surface area (Å²) in [6, 6.07) is 20.9. The predicted molar refractivity (Wildman–Crippen MR) is 90.9 cm³/mol. The van der Waals surface area contributed by atoms with Gasteiger partial charge in [-0.1, -0.05) is 78.9 Å². The van der Waals surface area contributed by atoms with Gasteiger partial charge in [0.1, 0.15) is 6.10 Å². The normalized spacial score (nSPS) is 19.5. The molecule has 0 fully saturated rings. The zero-order valence-electron chi connectivity index (χ0n) is 12.1. The molecule has 0 radical (unpaired) electrons. The van der Waals surface area contributed by atoms with E-state index in [2.05, 4.69) is 66.8 Å². The molecule has 22 heavy (non-hydrogen) atoms. The van der Waals surface area contributed by atoms with Crippen molar-refractivity contribution in [2.24, 2.45) is 0 Å². The second kappa shape index (κ2) is 5.53. The molecule has 2 aromatic rings. The molecule has 1 heteroatoms. The van der Waals surface area contributed by atoms with Crippen LogP contribution in [0.2, 0.25) is 0 Å². The number of benzene rings is 2. The van der Waals surface area contributed by atoms with Crippen LogP contribution in [-0.2, 0) is 4.74 Å². The van der Waals surface area contributed by atoms with Gasteiger partial charge in [-0.05, 0) is 22.8 Å². The van der Waals surface area contributed by atoms with Gasteiger partial charge in [0.2, 0.25) is 0 Å². The van der Waals surface area contributed by atoms with Crippen LogP contribution in [0.3, 0.4) is 0 Å². The van der Waals surface area contributed by atoms with Gasteiger partial charge >= 0.3 is 0 Å². The third-order valence-corrected chi connectivity index (χ3v) is 4.02.